The summed E-state index contributed by atoms with van der Waals surface area (Å²) in [5, 5.41) is 4.06. The van der Waals surface area contributed by atoms with Crippen molar-refractivity contribution in [3.05, 3.63) is 71.5 Å². The fraction of sp³-hybridized carbons (Fsp3) is 0.409. The number of nitrogens with one attached hydrogen (secondary N) is 1. The van der Waals surface area contributed by atoms with E-state index in [1.807, 2.05) is 24.3 Å². The lowest BCUT2D eigenvalue weighted by molar-refractivity contribution is 0.0367. The Balaban J connectivity index is 1.56. The third-order valence-corrected chi connectivity index (χ3v) is 5.24. The zero-order valence-corrected chi connectivity index (χ0v) is 17.0. The molecule has 0 bridgehead atoms. The highest BCUT2D eigenvalue weighted by Gasteiger charge is 2.14. The highest BCUT2D eigenvalue weighted by Crippen LogP contribution is 2.10. The van der Waals surface area contributed by atoms with Gasteiger partial charge >= 0.3 is 0 Å². The predicted molar refractivity (Wildman–Crippen MR) is 115 cm³/mol. The van der Waals surface area contributed by atoms with Crippen LogP contribution >= 0.6 is 12.2 Å². The number of thiocarbonyl (C=S) groups is 1. The Morgan fingerprint density at radius 3 is 2.57 bits per heavy atom. The molecular weight excluding hydrogens is 373 g/mol. The van der Waals surface area contributed by atoms with Crippen molar-refractivity contribution in [2.45, 2.75) is 19.5 Å². The molecule has 0 aromatic heterocycles. The van der Waals surface area contributed by atoms with Crippen molar-refractivity contribution in [2.75, 3.05) is 39.4 Å². The average molecular weight is 402 g/mol. The molecule has 1 aliphatic rings. The highest BCUT2D eigenvalue weighted by molar-refractivity contribution is 7.80. The molecule has 0 saturated carbocycles. The maximum Gasteiger partial charge on any atom is 0.169 e. The maximum absolute atomic E-state index is 13.6. The summed E-state index contributed by atoms with van der Waals surface area (Å²) in [7, 11) is 0. The summed E-state index contributed by atoms with van der Waals surface area (Å²) >= 11 is 5.66. The lowest BCUT2D eigenvalue weighted by Gasteiger charge is -2.29. The minimum absolute atomic E-state index is 0.214. The van der Waals surface area contributed by atoms with E-state index in [0.717, 1.165) is 51.4 Å². The summed E-state index contributed by atoms with van der Waals surface area (Å²) in [5.41, 5.74) is 2.11. The van der Waals surface area contributed by atoms with Gasteiger partial charge in [-0.3, -0.25) is 4.90 Å². The zero-order valence-electron chi connectivity index (χ0n) is 16.1. The molecule has 0 amide bonds. The van der Waals surface area contributed by atoms with E-state index >= 15 is 0 Å². The molecule has 3 rings (SSSR count). The van der Waals surface area contributed by atoms with Crippen LogP contribution in [0.4, 0.5) is 4.39 Å². The maximum atomic E-state index is 13.6. The fourth-order valence-electron chi connectivity index (χ4n) is 3.30. The molecule has 1 aliphatic heterocycles. The van der Waals surface area contributed by atoms with Gasteiger partial charge in [-0.05, 0) is 41.9 Å². The third-order valence-electron chi connectivity index (χ3n) is 4.84. The number of hydrogen-bond donors (Lipinski definition) is 1. The van der Waals surface area contributed by atoms with Gasteiger partial charge in [0.05, 0.1) is 13.2 Å². The van der Waals surface area contributed by atoms with E-state index in [9.17, 15) is 4.39 Å². The van der Waals surface area contributed by atoms with Crippen molar-refractivity contribution in [2.24, 2.45) is 0 Å². The van der Waals surface area contributed by atoms with Gasteiger partial charge in [0.25, 0.3) is 0 Å². The van der Waals surface area contributed by atoms with Crippen LogP contribution in [-0.4, -0.2) is 54.3 Å². The molecule has 0 atom stereocenters. The zero-order chi connectivity index (χ0) is 19.6. The van der Waals surface area contributed by atoms with E-state index in [1.54, 1.807) is 12.1 Å². The lowest BCUT2D eigenvalue weighted by atomic mass is 10.2. The Labute approximate surface area is 172 Å². The van der Waals surface area contributed by atoms with E-state index in [-0.39, 0.29) is 5.82 Å². The van der Waals surface area contributed by atoms with Gasteiger partial charge in [0, 0.05) is 39.3 Å². The summed E-state index contributed by atoms with van der Waals surface area (Å²) in [5.74, 6) is -0.214. The van der Waals surface area contributed by atoms with E-state index in [4.69, 9.17) is 17.0 Å². The minimum atomic E-state index is -0.214. The topological polar surface area (TPSA) is 27.7 Å². The smallest absolute Gasteiger partial charge is 0.169 e. The molecule has 0 spiro atoms. The van der Waals surface area contributed by atoms with Crippen molar-refractivity contribution in [3.63, 3.8) is 0 Å². The highest BCUT2D eigenvalue weighted by atomic mass is 32.1. The van der Waals surface area contributed by atoms with Crippen molar-refractivity contribution in [1.82, 2.24) is 15.1 Å². The monoisotopic (exact) mass is 401 g/mol. The molecule has 28 heavy (non-hydrogen) atoms. The van der Waals surface area contributed by atoms with Crippen LogP contribution < -0.4 is 5.32 Å². The van der Waals surface area contributed by atoms with Crippen LogP contribution in [0.15, 0.2) is 54.6 Å². The average Bonchev–Trinajstić information content (AvgIpc) is 2.73. The molecule has 4 nitrogen and oxygen atoms in total. The third kappa shape index (κ3) is 6.86. The van der Waals surface area contributed by atoms with Gasteiger partial charge in [-0.25, -0.2) is 4.39 Å². The van der Waals surface area contributed by atoms with Crippen molar-refractivity contribution >= 4 is 17.3 Å². The molecule has 150 valence electrons. The van der Waals surface area contributed by atoms with E-state index < -0.39 is 0 Å². The predicted octanol–water partition coefficient (Wildman–Crippen LogP) is 3.42. The first-order valence-corrected chi connectivity index (χ1v) is 10.2. The first-order chi connectivity index (χ1) is 13.7. The Morgan fingerprint density at radius 1 is 1.07 bits per heavy atom. The molecule has 6 heteroatoms. The first kappa shape index (κ1) is 20.7. The van der Waals surface area contributed by atoms with Crippen LogP contribution in [-0.2, 0) is 17.8 Å². The number of nitrogens with zero attached hydrogens (tertiary/aromatic N) is 2. The van der Waals surface area contributed by atoms with Gasteiger partial charge in [-0.1, -0.05) is 42.5 Å². The van der Waals surface area contributed by atoms with Crippen molar-refractivity contribution < 1.29 is 9.13 Å². The summed E-state index contributed by atoms with van der Waals surface area (Å²) in [4.78, 5) is 4.55. The second-order valence-electron chi connectivity index (χ2n) is 7.00. The Morgan fingerprint density at radius 2 is 1.82 bits per heavy atom. The Kier molecular flexibility index (Phi) is 8.21. The number of halogens is 1. The minimum Gasteiger partial charge on any atom is -0.379 e. The van der Waals surface area contributed by atoms with Gasteiger partial charge < -0.3 is 15.0 Å². The van der Waals surface area contributed by atoms with Gasteiger partial charge in [0.15, 0.2) is 5.11 Å². The summed E-state index contributed by atoms with van der Waals surface area (Å²) in [6.45, 7) is 6.72. The Bertz CT molecular complexity index is 738. The van der Waals surface area contributed by atoms with E-state index in [1.165, 1.54) is 11.6 Å². The van der Waals surface area contributed by atoms with E-state index in [2.05, 4.69) is 27.2 Å². The number of benzene rings is 2. The molecule has 0 unspecified atom stereocenters. The summed E-state index contributed by atoms with van der Waals surface area (Å²) in [6, 6.07) is 16.9. The Hall–Kier alpha value is -2.02. The van der Waals surface area contributed by atoms with Gasteiger partial charge in [0.2, 0.25) is 0 Å². The fourth-order valence-corrected chi connectivity index (χ4v) is 3.53. The SMILES string of the molecule is Fc1cccc(CN(CCCN2CCOCC2)C(=S)NCc2ccccc2)c1. The second-order valence-corrected chi connectivity index (χ2v) is 7.39. The van der Waals surface area contributed by atoms with Gasteiger partial charge in [-0.2, -0.15) is 0 Å². The molecule has 1 saturated heterocycles. The summed E-state index contributed by atoms with van der Waals surface area (Å²) < 4.78 is 19.0. The standard InChI is InChI=1S/C22H28FN3OS/c23-21-9-4-8-20(16-21)18-26(11-5-10-25-12-14-27-15-13-25)22(28)24-17-19-6-2-1-3-7-19/h1-4,6-9,16H,5,10-15,17-18H2,(H,24,28). The van der Waals surface area contributed by atoms with Crippen molar-refractivity contribution in [1.29, 1.82) is 0 Å². The van der Waals surface area contributed by atoms with Crippen LogP contribution in [0.5, 0.6) is 0 Å². The van der Waals surface area contributed by atoms with Crippen LogP contribution in [0.1, 0.15) is 17.5 Å². The molecule has 1 fully saturated rings. The molecule has 1 heterocycles. The lowest BCUT2D eigenvalue weighted by Crippen LogP contribution is -2.42. The van der Waals surface area contributed by atoms with Crippen LogP contribution in [0.2, 0.25) is 0 Å². The number of hydrogen-bond acceptors (Lipinski definition) is 3. The van der Waals surface area contributed by atoms with Crippen LogP contribution in [0.3, 0.4) is 0 Å². The van der Waals surface area contributed by atoms with Crippen LogP contribution in [0.25, 0.3) is 0 Å². The largest absolute Gasteiger partial charge is 0.379 e. The van der Waals surface area contributed by atoms with E-state index in [0.29, 0.717) is 18.2 Å². The molecule has 1 N–H and O–H groups in total. The van der Waals surface area contributed by atoms with Crippen molar-refractivity contribution in [3.8, 4) is 0 Å². The van der Waals surface area contributed by atoms with Gasteiger partial charge in [0.1, 0.15) is 5.82 Å². The summed E-state index contributed by atoms with van der Waals surface area (Å²) in [6.07, 6.45) is 1.00. The first-order valence-electron chi connectivity index (χ1n) is 9.82. The molecule has 2 aromatic rings. The molecular formula is C22H28FN3OS. The molecule has 0 radical (unpaired) electrons. The normalized spacial score (nSPS) is 14.6. The second kappa shape index (κ2) is 11.1. The quantitative estimate of drug-likeness (QED) is 0.684. The van der Waals surface area contributed by atoms with Gasteiger partial charge in [-0.15, -0.1) is 0 Å². The number of morpholine rings is 1. The van der Waals surface area contributed by atoms with Crippen LogP contribution in [0, 0.1) is 5.82 Å². The number of ether oxygens (including phenoxy) is 1. The number of rotatable bonds is 8. The molecule has 2 aromatic carbocycles. The molecule has 0 aliphatic carbocycles.